The molecule has 4 aliphatic heterocycles. The van der Waals surface area contributed by atoms with Crippen molar-refractivity contribution in [3.63, 3.8) is 0 Å². The van der Waals surface area contributed by atoms with Crippen LogP contribution in [0.1, 0.15) is 19.8 Å². The van der Waals surface area contributed by atoms with Gasteiger partial charge in [-0.15, -0.1) is 0 Å². The van der Waals surface area contributed by atoms with Crippen molar-refractivity contribution in [2.75, 3.05) is 0 Å². The number of nitrogens with one attached hydrogen (secondary N) is 3. The van der Waals surface area contributed by atoms with Crippen molar-refractivity contribution in [2.45, 2.75) is 46.7 Å². The van der Waals surface area contributed by atoms with Crippen LogP contribution < -0.4 is 14.2 Å². The monoisotopic (exact) mass is 431 g/mol. The van der Waals surface area contributed by atoms with Crippen molar-refractivity contribution in [1.29, 1.82) is 0 Å². The number of fused-ring (bicyclic) bond motifs is 2. The number of sulfonamides is 3. The number of benzene rings is 2. The van der Waals surface area contributed by atoms with Gasteiger partial charge in [0.25, 0.3) is 0 Å². The van der Waals surface area contributed by atoms with Gasteiger partial charge in [-0.1, -0.05) is 19.4 Å². The molecule has 6 rings (SSSR count). The van der Waals surface area contributed by atoms with Crippen LogP contribution in [0.2, 0.25) is 0 Å². The second-order valence-electron chi connectivity index (χ2n) is 6.54. The number of hydrogen-bond donors (Lipinski definition) is 3. The van der Waals surface area contributed by atoms with Crippen molar-refractivity contribution in [1.82, 2.24) is 14.2 Å². The Bertz CT molecular complexity index is 1270. The summed E-state index contributed by atoms with van der Waals surface area (Å²) in [6.07, 6.45) is -0.652. The molecule has 0 spiro atoms. The van der Waals surface area contributed by atoms with Crippen LogP contribution in [0.5, 0.6) is 0 Å². The molecule has 2 aromatic rings. The van der Waals surface area contributed by atoms with E-state index >= 15 is 0 Å². The molecule has 2 aromatic carbocycles. The summed E-state index contributed by atoms with van der Waals surface area (Å²) in [5, 5.41) is 0.448. The maximum absolute atomic E-state index is 12.9. The first kappa shape index (κ1) is 18.8. The molecule has 4 aliphatic rings. The lowest BCUT2D eigenvalue weighted by atomic mass is 10.1. The minimum Gasteiger partial charge on any atom is -0.207 e. The molecular weight excluding hydrogens is 414 g/mol. The molecule has 0 saturated carbocycles. The topological polar surface area (TPSA) is 139 Å². The maximum atomic E-state index is 12.9. The van der Waals surface area contributed by atoms with Gasteiger partial charge in [0, 0.05) is 5.39 Å². The molecule has 2 atom stereocenters. The van der Waals surface area contributed by atoms with Gasteiger partial charge in [0.2, 0.25) is 30.1 Å². The fourth-order valence-electron chi connectivity index (χ4n) is 3.36. The second-order valence-corrected chi connectivity index (χ2v) is 11.7. The lowest BCUT2D eigenvalue weighted by Crippen LogP contribution is -2.60. The zero-order valence-corrected chi connectivity index (χ0v) is 16.6. The molecule has 0 aromatic heterocycles. The standard InChI is InChI=1S/C15H17N3O6S3/c1-2-3-13-15-17-26(21,22)11-7-9-6-10(25(19,20)16-13)4-5-12(9)14(8-11)27(23,24)18-15/h4-8,13,15-18H,2-3H2,1H3. The van der Waals surface area contributed by atoms with E-state index in [2.05, 4.69) is 14.2 Å². The molecule has 0 fully saturated rings. The Kier molecular flexibility index (Phi) is 4.15. The highest BCUT2D eigenvalue weighted by Gasteiger charge is 2.38. The first-order chi connectivity index (χ1) is 12.5. The lowest BCUT2D eigenvalue weighted by molar-refractivity contribution is 0.400. The van der Waals surface area contributed by atoms with E-state index in [9.17, 15) is 25.3 Å². The summed E-state index contributed by atoms with van der Waals surface area (Å²) in [7, 11) is -12.2. The highest BCUT2D eigenvalue weighted by atomic mass is 32.2. The third-order valence-electron chi connectivity index (χ3n) is 4.64. The van der Waals surface area contributed by atoms with Crippen molar-refractivity contribution in [3.05, 3.63) is 30.3 Å². The largest absolute Gasteiger partial charge is 0.242 e. The maximum Gasteiger partial charge on any atom is 0.242 e. The van der Waals surface area contributed by atoms with E-state index in [4.69, 9.17) is 0 Å². The normalized spacial score (nSPS) is 27.6. The molecule has 12 heteroatoms. The minimum absolute atomic E-state index is 0.0588. The van der Waals surface area contributed by atoms with E-state index in [0.717, 1.165) is 6.07 Å². The van der Waals surface area contributed by atoms with E-state index in [0.29, 0.717) is 6.42 Å². The summed E-state index contributed by atoms with van der Waals surface area (Å²) in [5.74, 6) is 0. The minimum atomic E-state index is -4.11. The van der Waals surface area contributed by atoms with Crippen molar-refractivity contribution in [2.24, 2.45) is 0 Å². The highest BCUT2D eigenvalue weighted by Crippen LogP contribution is 2.32. The summed E-state index contributed by atoms with van der Waals surface area (Å²) in [5.41, 5.74) is 0. The fraction of sp³-hybridized carbons (Fsp3) is 0.333. The molecule has 0 radical (unpaired) electrons. The average molecular weight is 432 g/mol. The zero-order chi connectivity index (χ0) is 19.6. The summed E-state index contributed by atoms with van der Waals surface area (Å²) >= 11 is 0. The van der Waals surface area contributed by atoms with Gasteiger partial charge in [0.15, 0.2) is 0 Å². The summed E-state index contributed by atoms with van der Waals surface area (Å²) < 4.78 is 84.0. The molecule has 146 valence electrons. The van der Waals surface area contributed by atoms with Crippen LogP contribution in [0.25, 0.3) is 10.8 Å². The zero-order valence-electron chi connectivity index (χ0n) is 14.1. The molecule has 0 saturated heterocycles. The number of hydrogen-bond acceptors (Lipinski definition) is 6. The van der Waals surface area contributed by atoms with Gasteiger partial charge in [0.1, 0.15) is 6.17 Å². The highest BCUT2D eigenvalue weighted by molar-refractivity contribution is 7.91. The van der Waals surface area contributed by atoms with Gasteiger partial charge in [-0.05, 0) is 36.1 Å². The van der Waals surface area contributed by atoms with Gasteiger partial charge in [-0.25, -0.2) is 30.0 Å². The third-order valence-corrected chi connectivity index (χ3v) is 9.03. The quantitative estimate of drug-likeness (QED) is 0.621. The van der Waals surface area contributed by atoms with Crippen LogP contribution >= 0.6 is 0 Å². The molecular formula is C15H17N3O6S3. The van der Waals surface area contributed by atoms with Crippen LogP contribution in [0.15, 0.2) is 45.0 Å². The van der Waals surface area contributed by atoms with Crippen LogP contribution in [0.4, 0.5) is 0 Å². The summed E-state index contributed by atoms with van der Waals surface area (Å²) in [6.45, 7) is 1.78. The summed E-state index contributed by atoms with van der Waals surface area (Å²) in [4.78, 5) is -0.491. The lowest BCUT2D eigenvalue weighted by Gasteiger charge is -2.30. The van der Waals surface area contributed by atoms with Gasteiger partial charge in [-0.3, -0.25) is 0 Å². The molecule has 9 nitrogen and oxygen atoms in total. The van der Waals surface area contributed by atoms with E-state index in [-0.39, 0.29) is 31.9 Å². The van der Waals surface area contributed by atoms with Crippen LogP contribution in [-0.4, -0.2) is 37.5 Å². The molecule has 0 aliphatic carbocycles. The van der Waals surface area contributed by atoms with Crippen LogP contribution in [-0.2, 0) is 30.1 Å². The predicted octanol–water partition coefficient (Wildman–Crippen LogP) is 0.197. The molecule has 0 amide bonds. The Balaban J connectivity index is 2.18. The third kappa shape index (κ3) is 3.05. The molecule has 2 unspecified atom stereocenters. The van der Waals surface area contributed by atoms with Gasteiger partial charge < -0.3 is 0 Å². The smallest absolute Gasteiger partial charge is 0.207 e. The molecule has 27 heavy (non-hydrogen) atoms. The van der Waals surface area contributed by atoms with E-state index in [1.807, 2.05) is 0 Å². The fourth-order valence-corrected chi connectivity index (χ4v) is 7.52. The van der Waals surface area contributed by atoms with Crippen molar-refractivity contribution < 1.29 is 25.3 Å². The Morgan fingerprint density at radius 1 is 0.815 bits per heavy atom. The van der Waals surface area contributed by atoms with E-state index < -0.39 is 42.3 Å². The van der Waals surface area contributed by atoms with E-state index in [1.165, 1.54) is 24.3 Å². The first-order valence-electron chi connectivity index (χ1n) is 8.18. The van der Waals surface area contributed by atoms with Crippen molar-refractivity contribution in [3.8, 4) is 0 Å². The number of rotatable bonds is 2. The van der Waals surface area contributed by atoms with Crippen LogP contribution in [0.3, 0.4) is 0 Å². The first-order valence-corrected chi connectivity index (χ1v) is 12.6. The van der Waals surface area contributed by atoms with E-state index in [1.54, 1.807) is 6.92 Å². The second kappa shape index (κ2) is 5.96. The van der Waals surface area contributed by atoms with Gasteiger partial charge in [0.05, 0.1) is 20.7 Å². The Labute approximate surface area is 157 Å². The Morgan fingerprint density at radius 3 is 2.15 bits per heavy atom. The Hall–Kier alpha value is -1.57. The van der Waals surface area contributed by atoms with Gasteiger partial charge in [-0.2, -0.15) is 9.44 Å². The molecule has 4 heterocycles. The van der Waals surface area contributed by atoms with Gasteiger partial charge >= 0.3 is 0 Å². The van der Waals surface area contributed by atoms with Crippen molar-refractivity contribution >= 4 is 40.8 Å². The Morgan fingerprint density at radius 2 is 1.44 bits per heavy atom. The SMILES string of the molecule is CCCC1NS(=O)(=O)c2ccc3c4cc(cc3c2)S(=O)(=O)NC1NS4(=O)=O. The predicted molar refractivity (Wildman–Crippen MR) is 97.4 cm³/mol. The van der Waals surface area contributed by atoms with Crippen LogP contribution in [0, 0.1) is 0 Å². The molecule has 3 N–H and O–H groups in total. The average Bonchev–Trinajstić information content (AvgIpc) is 2.58. The summed E-state index contributed by atoms with van der Waals surface area (Å²) in [6, 6.07) is 5.31. The molecule has 6 bridgehead atoms.